The number of rotatable bonds is 13. The molecule has 0 rings (SSSR count). The van der Waals surface area contributed by atoms with Crippen LogP contribution in [-0.4, -0.2) is 62.9 Å². The van der Waals surface area contributed by atoms with Gasteiger partial charge in [-0.2, -0.15) is 0 Å². The van der Waals surface area contributed by atoms with Gasteiger partial charge in [-0.15, -0.1) is 0 Å². The Labute approximate surface area is 156 Å². The Morgan fingerprint density at radius 3 is 2.12 bits per heavy atom. The van der Waals surface area contributed by atoms with E-state index in [0.29, 0.717) is 6.61 Å². The molecule has 0 heterocycles. The Balaban J connectivity index is 4.02. The maximum absolute atomic E-state index is 11.1. The molecule has 0 amide bonds. The standard InChI is InChI=1S/C16H36O6Si3/c1-8-10-16(18)20-14-15(17)13-19-11-9-12-23(21-24(2,3)4)22-25(5,6)7/h8,10,15,17,23H,9,11-14H2,1-7H3. The third-order valence-corrected chi connectivity index (χ3v) is 11.4. The van der Waals surface area contributed by atoms with Crippen molar-refractivity contribution in [3.8, 4) is 0 Å². The van der Waals surface area contributed by atoms with Crippen LogP contribution in [0.3, 0.4) is 0 Å². The van der Waals surface area contributed by atoms with Gasteiger partial charge in [0, 0.05) is 12.7 Å². The van der Waals surface area contributed by atoms with Crippen LogP contribution in [0.25, 0.3) is 0 Å². The lowest BCUT2D eigenvalue weighted by Crippen LogP contribution is -2.43. The minimum Gasteiger partial charge on any atom is -0.460 e. The summed E-state index contributed by atoms with van der Waals surface area (Å²) in [5.74, 6) is -0.456. The number of ether oxygens (including phenoxy) is 2. The van der Waals surface area contributed by atoms with Crippen molar-refractivity contribution < 1.29 is 27.6 Å². The largest absolute Gasteiger partial charge is 0.460 e. The molecule has 0 saturated carbocycles. The summed E-state index contributed by atoms with van der Waals surface area (Å²) in [4.78, 5) is 11.1. The molecule has 0 aliphatic rings. The van der Waals surface area contributed by atoms with Gasteiger partial charge in [0.2, 0.25) is 0 Å². The molecular weight excluding hydrogens is 372 g/mol. The van der Waals surface area contributed by atoms with Gasteiger partial charge in [0.15, 0.2) is 16.6 Å². The predicted molar refractivity (Wildman–Crippen MR) is 108 cm³/mol. The van der Waals surface area contributed by atoms with Crippen LogP contribution in [-0.2, 0) is 22.5 Å². The monoisotopic (exact) mass is 408 g/mol. The molecule has 0 spiro atoms. The first-order valence-electron chi connectivity index (χ1n) is 8.84. The van der Waals surface area contributed by atoms with E-state index >= 15 is 0 Å². The Morgan fingerprint density at radius 2 is 1.64 bits per heavy atom. The van der Waals surface area contributed by atoms with E-state index in [1.165, 1.54) is 6.08 Å². The number of esters is 1. The van der Waals surface area contributed by atoms with Crippen LogP contribution in [0.4, 0.5) is 0 Å². The maximum atomic E-state index is 11.1. The number of carbonyl (C=O) groups is 1. The van der Waals surface area contributed by atoms with Crippen molar-refractivity contribution in [3.05, 3.63) is 12.2 Å². The first-order chi connectivity index (χ1) is 11.4. The van der Waals surface area contributed by atoms with Crippen LogP contribution >= 0.6 is 0 Å². The van der Waals surface area contributed by atoms with E-state index in [4.69, 9.17) is 17.7 Å². The maximum Gasteiger partial charge on any atom is 0.330 e. The second-order valence-electron chi connectivity index (χ2n) is 7.89. The summed E-state index contributed by atoms with van der Waals surface area (Å²) in [5.41, 5.74) is 0. The van der Waals surface area contributed by atoms with Gasteiger partial charge in [0.1, 0.15) is 12.7 Å². The Hall–Kier alpha value is -0.299. The molecule has 1 N–H and O–H groups in total. The molecular formula is C16H36O6Si3. The summed E-state index contributed by atoms with van der Waals surface area (Å²) in [6.07, 6.45) is 2.95. The lowest BCUT2D eigenvalue weighted by molar-refractivity contribution is -0.141. The summed E-state index contributed by atoms with van der Waals surface area (Å²) in [6.45, 7) is 15.5. The second-order valence-corrected chi connectivity index (χ2v) is 19.7. The van der Waals surface area contributed by atoms with Gasteiger partial charge < -0.3 is 22.8 Å². The van der Waals surface area contributed by atoms with Gasteiger partial charge in [-0.3, -0.25) is 0 Å². The smallest absolute Gasteiger partial charge is 0.330 e. The molecule has 1 atom stereocenters. The van der Waals surface area contributed by atoms with E-state index in [0.717, 1.165) is 12.5 Å². The van der Waals surface area contributed by atoms with Crippen molar-refractivity contribution in [2.24, 2.45) is 0 Å². The summed E-state index contributed by atoms with van der Waals surface area (Å²) >= 11 is 0. The van der Waals surface area contributed by atoms with E-state index in [1.54, 1.807) is 13.0 Å². The van der Waals surface area contributed by atoms with Crippen molar-refractivity contribution in [2.45, 2.75) is 64.8 Å². The SMILES string of the molecule is CC=CC(=O)OCC(O)COCCC[SiH](O[Si](C)(C)C)O[Si](C)(C)C. The molecule has 148 valence electrons. The Kier molecular flexibility index (Phi) is 12.0. The fraction of sp³-hybridized carbons (Fsp3) is 0.812. The molecule has 0 aliphatic heterocycles. The van der Waals surface area contributed by atoms with Crippen molar-refractivity contribution in [1.82, 2.24) is 0 Å². The normalized spacial score (nSPS) is 14.3. The zero-order valence-electron chi connectivity index (χ0n) is 16.8. The molecule has 0 bridgehead atoms. The number of carbonyl (C=O) groups excluding carboxylic acids is 1. The number of aliphatic hydroxyl groups excluding tert-OH is 1. The van der Waals surface area contributed by atoms with E-state index in [1.807, 2.05) is 0 Å². The van der Waals surface area contributed by atoms with Gasteiger partial charge in [0.05, 0.1) is 6.61 Å². The first-order valence-corrected chi connectivity index (χ1v) is 17.4. The van der Waals surface area contributed by atoms with Crippen molar-refractivity contribution >= 4 is 31.9 Å². The van der Waals surface area contributed by atoms with Crippen LogP contribution in [0.2, 0.25) is 45.3 Å². The van der Waals surface area contributed by atoms with Gasteiger partial charge in [-0.25, -0.2) is 4.79 Å². The third kappa shape index (κ3) is 16.9. The molecule has 9 heteroatoms. The molecule has 1 unspecified atom stereocenters. The third-order valence-electron chi connectivity index (χ3n) is 2.73. The van der Waals surface area contributed by atoms with Crippen LogP contribution < -0.4 is 0 Å². The fourth-order valence-electron chi connectivity index (χ4n) is 1.91. The topological polar surface area (TPSA) is 74.2 Å². The number of hydrogen-bond donors (Lipinski definition) is 1. The van der Waals surface area contributed by atoms with Gasteiger partial charge in [0.25, 0.3) is 0 Å². The number of allylic oxidation sites excluding steroid dienone is 1. The summed E-state index contributed by atoms with van der Waals surface area (Å²) in [7, 11) is -4.90. The van der Waals surface area contributed by atoms with Gasteiger partial charge in [-0.05, 0) is 58.7 Å². The highest BCUT2D eigenvalue weighted by Gasteiger charge is 2.28. The van der Waals surface area contributed by atoms with Gasteiger partial charge >= 0.3 is 15.3 Å². The number of aliphatic hydroxyl groups is 1. The molecule has 0 aromatic heterocycles. The average Bonchev–Trinajstić information content (AvgIpc) is 2.41. The highest BCUT2D eigenvalue weighted by Crippen LogP contribution is 2.15. The predicted octanol–water partition coefficient (Wildman–Crippen LogP) is 2.80. The molecule has 0 radical (unpaired) electrons. The summed E-state index contributed by atoms with van der Waals surface area (Å²) < 4.78 is 22.8. The average molecular weight is 409 g/mol. The van der Waals surface area contributed by atoms with Crippen LogP contribution in [0, 0.1) is 0 Å². The zero-order chi connectivity index (χ0) is 19.5. The first kappa shape index (κ1) is 24.7. The van der Waals surface area contributed by atoms with Crippen LogP contribution in [0.5, 0.6) is 0 Å². The van der Waals surface area contributed by atoms with E-state index < -0.39 is 38.0 Å². The van der Waals surface area contributed by atoms with Crippen molar-refractivity contribution in [2.75, 3.05) is 19.8 Å². The summed E-state index contributed by atoms with van der Waals surface area (Å²) in [6, 6.07) is 0.904. The Morgan fingerprint density at radius 1 is 1.08 bits per heavy atom. The van der Waals surface area contributed by atoms with Crippen molar-refractivity contribution in [1.29, 1.82) is 0 Å². The quantitative estimate of drug-likeness (QED) is 0.219. The van der Waals surface area contributed by atoms with E-state index in [9.17, 15) is 9.90 Å². The Bertz CT molecular complexity index is 388. The fourth-order valence-corrected chi connectivity index (χ4v) is 10.3. The summed E-state index contributed by atoms with van der Waals surface area (Å²) in [5, 5.41) is 9.72. The van der Waals surface area contributed by atoms with E-state index in [-0.39, 0.29) is 13.2 Å². The second kappa shape index (κ2) is 12.2. The highest BCUT2D eigenvalue weighted by atomic mass is 28.4. The molecule has 0 aliphatic carbocycles. The number of hydrogen-bond acceptors (Lipinski definition) is 6. The van der Waals surface area contributed by atoms with Crippen molar-refractivity contribution in [3.63, 3.8) is 0 Å². The minimum atomic E-state index is -1.68. The highest BCUT2D eigenvalue weighted by molar-refractivity contribution is 6.81. The molecule has 0 aromatic carbocycles. The lowest BCUT2D eigenvalue weighted by Gasteiger charge is -2.30. The molecule has 0 saturated heterocycles. The molecule has 6 nitrogen and oxygen atoms in total. The molecule has 0 fully saturated rings. The molecule has 0 aromatic rings. The van der Waals surface area contributed by atoms with Gasteiger partial charge in [-0.1, -0.05) is 6.08 Å². The van der Waals surface area contributed by atoms with E-state index in [2.05, 4.69) is 39.3 Å². The van der Waals surface area contributed by atoms with Crippen LogP contribution in [0.15, 0.2) is 12.2 Å². The van der Waals surface area contributed by atoms with Crippen LogP contribution in [0.1, 0.15) is 13.3 Å². The molecule has 25 heavy (non-hydrogen) atoms. The minimum absolute atomic E-state index is 0.0575. The lowest BCUT2D eigenvalue weighted by atomic mass is 10.4. The zero-order valence-corrected chi connectivity index (χ0v) is 20.0.